The lowest BCUT2D eigenvalue weighted by molar-refractivity contribution is -0.115. The van der Waals surface area contributed by atoms with Crippen LogP contribution in [-0.2, 0) is 11.2 Å². The number of fused-ring (bicyclic) bond motifs is 1. The number of carbonyl (C=O) groups excluding carboxylic acids is 1. The monoisotopic (exact) mass is 296 g/mol. The van der Waals surface area contributed by atoms with Gasteiger partial charge in [0.05, 0.1) is 6.42 Å². The quantitative estimate of drug-likeness (QED) is 0.750. The van der Waals surface area contributed by atoms with Crippen LogP contribution >= 0.6 is 0 Å². The number of amides is 1. The first kappa shape index (κ1) is 14.3. The smallest absolute Gasteiger partial charge is 0.228 e. The minimum atomic E-state index is -0.299. The van der Waals surface area contributed by atoms with Gasteiger partial charge < -0.3 is 10.3 Å². The maximum Gasteiger partial charge on any atom is 0.228 e. The Morgan fingerprint density at radius 2 is 2.00 bits per heavy atom. The van der Waals surface area contributed by atoms with Crippen molar-refractivity contribution in [3.8, 4) is 0 Å². The number of halogens is 1. The number of anilines is 1. The standard InChI is InChI=1S/C18H17FN2O/c1-11-4-3-5-14(8-11)21-18(22)10-15-12(2)20-17-7-6-13(19)9-16(15)17/h3-9,20H,10H2,1-2H3,(H,21,22). The molecule has 0 aliphatic heterocycles. The highest BCUT2D eigenvalue weighted by Crippen LogP contribution is 2.24. The fourth-order valence-corrected chi connectivity index (χ4v) is 2.67. The molecule has 3 nitrogen and oxygen atoms in total. The Morgan fingerprint density at radius 1 is 1.18 bits per heavy atom. The maximum atomic E-state index is 13.4. The summed E-state index contributed by atoms with van der Waals surface area (Å²) in [6.45, 7) is 3.87. The molecule has 4 heteroatoms. The molecule has 0 saturated carbocycles. The molecule has 0 saturated heterocycles. The molecular weight excluding hydrogens is 279 g/mol. The molecule has 1 heterocycles. The molecule has 1 aromatic heterocycles. The van der Waals surface area contributed by atoms with Crippen LogP contribution in [0.3, 0.4) is 0 Å². The molecule has 112 valence electrons. The van der Waals surface area contributed by atoms with E-state index in [1.165, 1.54) is 12.1 Å². The Hall–Kier alpha value is -2.62. The van der Waals surface area contributed by atoms with Crippen molar-refractivity contribution >= 4 is 22.5 Å². The third kappa shape index (κ3) is 2.86. The molecule has 0 fully saturated rings. The topological polar surface area (TPSA) is 44.9 Å². The highest BCUT2D eigenvalue weighted by Gasteiger charge is 2.13. The molecule has 1 amide bonds. The number of hydrogen-bond donors (Lipinski definition) is 2. The van der Waals surface area contributed by atoms with Crippen LogP contribution in [-0.4, -0.2) is 10.9 Å². The minimum Gasteiger partial charge on any atom is -0.358 e. The highest BCUT2D eigenvalue weighted by molar-refractivity contribution is 5.96. The van der Waals surface area contributed by atoms with Crippen LogP contribution in [0.15, 0.2) is 42.5 Å². The van der Waals surface area contributed by atoms with Gasteiger partial charge in [0.1, 0.15) is 5.82 Å². The van der Waals surface area contributed by atoms with Crippen LogP contribution < -0.4 is 5.32 Å². The fourth-order valence-electron chi connectivity index (χ4n) is 2.67. The van der Waals surface area contributed by atoms with Crippen LogP contribution in [0.5, 0.6) is 0 Å². The molecule has 0 aliphatic carbocycles. The van der Waals surface area contributed by atoms with Crippen LogP contribution in [0.1, 0.15) is 16.8 Å². The van der Waals surface area contributed by atoms with Crippen molar-refractivity contribution in [2.45, 2.75) is 20.3 Å². The number of aromatic amines is 1. The number of nitrogens with one attached hydrogen (secondary N) is 2. The number of benzene rings is 2. The number of hydrogen-bond acceptors (Lipinski definition) is 1. The Morgan fingerprint density at radius 3 is 2.77 bits per heavy atom. The van der Waals surface area contributed by atoms with Crippen molar-refractivity contribution < 1.29 is 9.18 Å². The minimum absolute atomic E-state index is 0.112. The first-order valence-corrected chi connectivity index (χ1v) is 7.16. The van der Waals surface area contributed by atoms with Crippen molar-refractivity contribution in [1.82, 2.24) is 4.98 Å². The molecule has 2 aromatic carbocycles. The van der Waals surface area contributed by atoms with Gasteiger partial charge in [-0.15, -0.1) is 0 Å². The first-order valence-electron chi connectivity index (χ1n) is 7.16. The second-order valence-corrected chi connectivity index (χ2v) is 5.51. The van der Waals surface area contributed by atoms with Gasteiger partial charge in [0.15, 0.2) is 0 Å². The zero-order chi connectivity index (χ0) is 15.7. The van der Waals surface area contributed by atoms with E-state index in [0.717, 1.165) is 33.4 Å². The summed E-state index contributed by atoms with van der Waals surface area (Å²) in [7, 11) is 0. The number of carbonyl (C=O) groups is 1. The Labute approximate surface area is 128 Å². The van der Waals surface area contributed by atoms with E-state index < -0.39 is 0 Å². The van der Waals surface area contributed by atoms with E-state index in [-0.39, 0.29) is 18.1 Å². The second-order valence-electron chi connectivity index (χ2n) is 5.51. The van der Waals surface area contributed by atoms with E-state index in [0.29, 0.717) is 0 Å². The third-order valence-corrected chi connectivity index (χ3v) is 3.72. The number of rotatable bonds is 3. The average molecular weight is 296 g/mol. The average Bonchev–Trinajstić information content (AvgIpc) is 2.75. The summed E-state index contributed by atoms with van der Waals surface area (Å²) in [5.41, 5.74) is 4.42. The summed E-state index contributed by atoms with van der Waals surface area (Å²) in [6.07, 6.45) is 0.212. The molecule has 22 heavy (non-hydrogen) atoms. The lowest BCUT2D eigenvalue weighted by atomic mass is 10.1. The van der Waals surface area contributed by atoms with E-state index >= 15 is 0 Å². The van der Waals surface area contributed by atoms with Crippen molar-refractivity contribution in [2.75, 3.05) is 5.32 Å². The molecular formula is C18H17FN2O. The van der Waals surface area contributed by atoms with E-state index in [2.05, 4.69) is 10.3 Å². The van der Waals surface area contributed by atoms with Gasteiger partial charge in [-0.3, -0.25) is 4.79 Å². The SMILES string of the molecule is Cc1cccc(NC(=O)Cc2c(C)[nH]c3ccc(F)cc23)c1. The molecule has 0 aliphatic rings. The van der Waals surface area contributed by atoms with Gasteiger partial charge in [-0.25, -0.2) is 4.39 Å². The molecule has 2 N–H and O–H groups in total. The number of H-pyrrole nitrogens is 1. The summed E-state index contributed by atoms with van der Waals surface area (Å²) >= 11 is 0. The number of aryl methyl sites for hydroxylation is 2. The van der Waals surface area contributed by atoms with Crippen molar-refractivity contribution in [3.05, 3.63) is 65.1 Å². The molecule has 3 aromatic rings. The van der Waals surface area contributed by atoms with Gasteiger partial charge >= 0.3 is 0 Å². The second kappa shape index (κ2) is 5.64. The largest absolute Gasteiger partial charge is 0.358 e. The van der Waals surface area contributed by atoms with Crippen molar-refractivity contribution in [1.29, 1.82) is 0 Å². The van der Waals surface area contributed by atoms with Crippen molar-refractivity contribution in [3.63, 3.8) is 0 Å². The molecule has 0 atom stereocenters. The van der Waals surface area contributed by atoms with Gasteiger partial charge in [-0.05, 0) is 55.3 Å². The highest BCUT2D eigenvalue weighted by atomic mass is 19.1. The summed E-state index contributed by atoms with van der Waals surface area (Å²) in [5.74, 6) is -0.411. The van der Waals surface area contributed by atoms with Gasteiger partial charge in [0.25, 0.3) is 0 Å². The molecule has 0 unspecified atom stereocenters. The summed E-state index contributed by atoms with van der Waals surface area (Å²) in [5, 5.41) is 3.64. The number of aromatic nitrogens is 1. The van der Waals surface area contributed by atoms with Crippen molar-refractivity contribution in [2.24, 2.45) is 0 Å². The van der Waals surface area contributed by atoms with Gasteiger partial charge in [-0.1, -0.05) is 12.1 Å². The normalized spacial score (nSPS) is 10.9. The van der Waals surface area contributed by atoms with E-state index in [1.54, 1.807) is 6.07 Å². The van der Waals surface area contributed by atoms with Crippen LogP contribution in [0.25, 0.3) is 10.9 Å². The van der Waals surface area contributed by atoms with Gasteiger partial charge in [0, 0.05) is 22.3 Å². The lowest BCUT2D eigenvalue weighted by Crippen LogP contribution is -2.14. The van der Waals surface area contributed by atoms with Gasteiger partial charge in [-0.2, -0.15) is 0 Å². The zero-order valence-corrected chi connectivity index (χ0v) is 12.5. The van der Waals surface area contributed by atoms with E-state index in [9.17, 15) is 9.18 Å². The Bertz CT molecular complexity index is 851. The third-order valence-electron chi connectivity index (χ3n) is 3.72. The summed E-state index contributed by atoms with van der Waals surface area (Å²) in [6, 6.07) is 12.2. The van der Waals surface area contributed by atoms with E-state index in [4.69, 9.17) is 0 Å². The molecule has 3 rings (SSSR count). The lowest BCUT2D eigenvalue weighted by Gasteiger charge is -2.06. The maximum absolute atomic E-state index is 13.4. The van der Waals surface area contributed by atoms with Crippen LogP contribution in [0.2, 0.25) is 0 Å². The van der Waals surface area contributed by atoms with Gasteiger partial charge in [0.2, 0.25) is 5.91 Å². The summed E-state index contributed by atoms with van der Waals surface area (Å²) in [4.78, 5) is 15.4. The molecule has 0 bridgehead atoms. The Kier molecular flexibility index (Phi) is 3.67. The van der Waals surface area contributed by atoms with Crippen LogP contribution in [0.4, 0.5) is 10.1 Å². The predicted molar refractivity (Wildman–Crippen MR) is 86.5 cm³/mol. The summed E-state index contributed by atoms with van der Waals surface area (Å²) < 4.78 is 13.4. The fraction of sp³-hybridized carbons (Fsp3) is 0.167. The predicted octanol–water partition coefficient (Wildman–Crippen LogP) is 4.11. The zero-order valence-electron chi connectivity index (χ0n) is 12.5. The molecule has 0 radical (unpaired) electrons. The first-order chi connectivity index (χ1) is 10.5. The molecule has 0 spiro atoms. The van der Waals surface area contributed by atoms with E-state index in [1.807, 2.05) is 38.1 Å². The Balaban J connectivity index is 1.85. The van der Waals surface area contributed by atoms with Crippen LogP contribution in [0, 0.1) is 19.7 Å².